The number of aliphatic carboxylic acids is 1. The topological polar surface area (TPSA) is 73.6 Å². The molecular formula is C9H14N2O3. The number of hydrogen-bond donors (Lipinski definition) is 1. The van der Waals surface area contributed by atoms with Gasteiger partial charge in [0, 0.05) is 19.6 Å². The molecule has 78 valence electrons. The van der Waals surface area contributed by atoms with Crippen molar-refractivity contribution in [1.82, 2.24) is 4.90 Å². The Hall–Kier alpha value is -1.12. The average Bonchev–Trinajstić information content (AvgIpc) is 2.18. The van der Waals surface area contributed by atoms with E-state index in [9.17, 15) is 4.79 Å². The maximum Gasteiger partial charge on any atom is 0.307 e. The van der Waals surface area contributed by atoms with Gasteiger partial charge in [0.2, 0.25) is 0 Å². The van der Waals surface area contributed by atoms with Crippen LogP contribution < -0.4 is 0 Å². The normalized spacial score (nSPS) is 25.3. The van der Waals surface area contributed by atoms with Crippen LogP contribution in [-0.2, 0) is 9.53 Å². The van der Waals surface area contributed by atoms with Crippen LogP contribution in [0, 0.1) is 17.2 Å². The van der Waals surface area contributed by atoms with Gasteiger partial charge in [-0.25, -0.2) is 0 Å². The van der Waals surface area contributed by atoms with Crippen LogP contribution in [0.3, 0.4) is 0 Å². The van der Waals surface area contributed by atoms with Crippen molar-refractivity contribution in [3.63, 3.8) is 0 Å². The standard InChI is InChI=1S/C9H14N2O3/c1-7(9(12)13)5-11-2-3-14-8(4-10)6-11/h7-8H,2-3,5-6H2,1H3,(H,12,13). The van der Waals surface area contributed by atoms with Crippen molar-refractivity contribution >= 4 is 5.97 Å². The minimum Gasteiger partial charge on any atom is -0.481 e. The first-order chi connectivity index (χ1) is 6.63. The molecule has 0 aromatic carbocycles. The van der Waals surface area contributed by atoms with E-state index in [1.807, 2.05) is 11.0 Å². The summed E-state index contributed by atoms with van der Waals surface area (Å²) < 4.78 is 5.15. The first kappa shape index (κ1) is 11.0. The van der Waals surface area contributed by atoms with E-state index in [1.165, 1.54) is 0 Å². The molecule has 2 atom stereocenters. The number of nitrogens with zero attached hydrogens (tertiary/aromatic N) is 2. The van der Waals surface area contributed by atoms with E-state index < -0.39 is 18.0 Å². The van der Waals surface area contributed by atoms with Gasteiger partial charge in [0.05, 0.1) is 18.6 Å². The van der Waals surface area contributed by atoms with Gasteiger partial charge in [0.15, 0.2) is 6.10 Å². The van der Waals surface area contributed by atoms with E-state index in [0.717, 1.165) is 0 Å². The van der Waals surface area contributed by atoms with Crippen LogP contribution in [0.4, 0.5) is 0 Å². The van der Waals surface area contributed by atoms with Gasteiger partial charge < -0.3 is 9.84 Å². The molecule has 1 aliphatic rings. The van der Waals surface area contributed by atoms with Crippen LogP contribution in [0.5, 0.6) is 0 Å². The molecule has 1 fully saturated rings. The molecule has 1 saturated heterocycles. The summed E-state index contributed by atoms with van der Waals surface area (Å²) in [6.07, 6.45) is -0.412. The molecule has 14 heavy (non-hydrogen) atoms. The number of nitriles is 1. The summed E-state index contributed by atoms with van der Waals surface area (Å²) in [6, 6.07) is 2.03. The lowest BCUT2D eigenvalue weighted by molar-refractivity contribution is -0.142. The molecule has 2 unspecified atom stereocenters. The fraction of sp³-hybridized carbons (Fsp3) is 0.778. The fourth-order valence-corrected chi connectivity index (χ4v) is 1.41. The fourth-order valence-electron chi connectivity index (χ4n) is 1.41. The third kappa shape index (κ3) is 2.98. The zero-order valence-corrected chi connectivity index (χ0v) is 8.14. The molecule has 0 aromatic heterocycles. The molecule has 1 N–H and O–H groups in total. The Morgan fingerprint density at radius 1 is 1.86 bits per heavy atom. The summed E-state index contributed by atoms with van der Waals surface area (Å²) in [7, 11) is 0. The zero-order chi connectivity index (χ0) is 10.6. The monoisotopic (exact) mass is 198 g/mol. The van der Waals surface area contributed by atoms with Crippen molar-refractivity contribution in [1.29, 1.82) is 5.26 Å². The Morgan fingerprint density at radius 3 is 3.14 bits per heavy atom. The molecule has 0 aromatic rings. The second-order valence-electron chi connectivity index (χ2n) is 3.49. The highest BCUT2D eigenvalue weighted by molar-refractivity contribution is 5.69. The highest BCUT2D eigenvalue weighted by Crippen LogP contribution is 2.07. The van der Waals surface area contributed by atoms with Crippen LogP contribution in [0.15, 0.2) is 0 Å². The third-order valence-electron chi connectivity index (χ3n) is 2.25. The van der Waals surface area contributed by atoms with E-state index in [1.54, 1.807) is 6.92 Å². The van der Waals surface area contributed by atoms with Crippen molar-refractivity contribution in [3.8, 4) is 6.07 Å². The lowest BCUT2D eigenvalue weighted by Crippen LogP contribution is -2.44. The van der Waals surface area contributed by atoms with E-state index in [4.69, 9.17) is 15.1 Å². The lowest BCUT2D eigenvalue weighted by Gasteiger charge is -2.30. The van der Waals surface area contributed by atoms with Crippen LogP contribution >= 0.6 is 0 Å². The molecule has 0 amide bonds. The van der Waals surface area contributed by atoms with Crippen LogP contribution in [0.25, 0.3) is 0 Å². The molecular weight excluding hydrogens is 184 g/mol. The molecule has 0 aliphatic carbocycles. The predicted molar refractivity (Wildman–Crippen MR) is 48.6 cm³/mol. The second-order valence-corrected chi connectivity index (χ2v) is 3.49. The average molecular weight is 198 g/mol. The summed E-state index contributed by atoms with van der Waals surface area (Å²) in [6.45, 7) is 3.87. The Morgan fingerprint density at radius 2 is 2.57 bits per heavy atom. The van der Waals surface area contributed by atoms with Crippen molar-refractivity contribution < 1.29 is 14.6 Å². The molecule has 0 saturated carbocycles. The highest BCUT2D eigenvalue weighted by Gasteiger charge is 2.23. The number of hydrogen-bond acceptors (Lipinski definition) is 4. The predicted octanol–water partition coefficient (Wildman–Crippen LogP) is -0.0685. The number of ether oxygens (including phenoxy) is 1. The van der Waals surface area contributed by atoms with Crippen molar-refractivity contribution in [2.45, 2.75) is 13.0 Å². The van der Waals surface area contributed by atoms with Gasteiger partial charge in [0.25, 0.3) is 0 Å². The zero-order valence-electron chi connectivity index (χ0n) is 8.14. The third-order valence-corrected chi connectivity index (χ3v) is 2.25. The Labute approximate surface area is 82.9 Å². The van der Waals surface area contributed by atoms with Crippen molar-refractivity contribution in [2.24, 2.45) is 5.92 Å². The number of carboxylic acid groups (broad SMARTS) is 1. The number of morpholine rings is 1. The van der Waals surface area contributed by atoms with Crippen LogP contribution in [0.1, 0.15) is 6.92 Å². The van der Waals surface area contributed by atoms with E-state index in [2.05, 4.69) is 0 Å². The Bertz CT molecular complexity index is 249. The first-order valence-electron chi connectivity index (χ1n) is 4.60. The van der Waals surface area contributed by atoms with Gasteiger partial charge in [-0.15, -0.1) is 0 Å². The first-order valence-corrected chi connectivity index (χ1v) is 4.60. The van der Waals surface area contributed by atoms with Crippen LogP contribution in [-0.4, -0.2) is 48.3 Å². The number of carbonyl (C=O) groups is 1. The summed E-state index contributed by atoms with van der Waals surface area (Å²) in [4.78, 5) is 12.6. The molecule has 5 heteroatoms. The smallest absolute Gasteiger partial charge is 0.307 e. The largest absolute Gasteiger partial charge is 0.481 e. The van der Waals surface area contributed by atoms with Gasteiger partial charge in [-0.3, -0.25) is 9.69 Å². The maximum atomic E-state index is 10.6. The second kappa shape index (κ2) is 4.94. The molecule has 1 heterocycles. The van der Waals surface area contributed by atoms with Gasteiger partial charge in [-0.1, -0.05) is 6.92 Å². The molecule has 0 radical (unpaired) electrons. The molecule has 1 aliphatic heterocycles. The van der Waals surface area contributed by atoms with Crippen molar-refractivity contribution in [3.05, 3.63) is 0 Å². The Kier molecular flexibility index (Phi) is 3.86. The number of rotatable bonds is 3. The van der Waals surface area contributed by atoms with E-state index >= 15 is 0 Å². The Balaban J connectivity index is 2.38. The number of carboxylic acids is 1. The quantitative estimate of drug-likeness (QED) is 0.687. The molecule has 1 rings (SSSR count). The van der Waals surface area contributed by atoms with Gasteiger partial charge in [0.1, 0.15) is 0 Å². The SMILES string of the molecule is CC(CN1CCOC(C#N)C1)C(=O)O. The molecule has 0 spiro atoms. The minimum atomic E-state index is -0.801. The maximum absolute atomic E-state index is 10.6. The van der Waals surface area contributed by atoms with Gasteiger partial charge in [-0.05, 0) is 0 Å². The van der Waals surface area contributed by atoms with Crippen molar-refractivity contribution in [2.75, 3.05) is 26.2 Å². The summed E-state index contributed by atoms with van der Waals surface area (Å²) >= 11 is 0. The summed E-state index contributed by atoms with van der Waals surface area (Å²) in [5.41, 5.74) is 0. The summed E-state index contributed by atoms with van der Waals surface area (Å²) in [5.74, 6) is -1.20. The molecule has 0 bridgehead atoms. The molecule has 5 nitrogen and oxygen atoms in total. The van der Waals surface area contributed by atoms with E-state index in [0.29, 0.717) is 26.2 Å². The van der Waals surface area contributed by atoms with Gasteiger partial charge in [-0.2, -0.15) is 5.26 Å². The van der Waals surface area contributed by atoms with Gasteiger partial charge >= 0.3 is 5.97 Å². The minimum absolute atomic E-state index is 0.396. The summed E-state index contributed by atoms with van der Waals surface area (Å²) in [5, 5.41) is 17.3. The highest BCUT2D eigenvalue weighted by atomic mass is 16.5. The lowest BCUT2D eigenvalue weighted by atomic mass is 10.1. The van der Waals surface area contributed by atoms with E-state index in [-0.39, 0.29) is 0 Å². The van der Waals surface area contributed by atoms with Crippen LogP contribution in [0.2, 0.25) is 0 Å².